The standard InChI is InChI=1S/C6H14O.C5H12O3/c1-3-5-6(7)4-2;1-4(2-6)5(8)3-7/h6-7H,3-5H2,1-2H3;4-8H,2-3H2,1H3. The smallest absolute Gasteiger partial charge is 0.0818 e. The molecule has 4 nitrogen and oxygen atoms in total. The van der Waals surface area contributed by atoms with E-state index in [1.165, 1.54) is 0 Å². The zero-order chi connectivity index (χ0) is 12.3. The van der Waals surface area contributed by atoms with Crippen molar-refractivity contribution in [2.45, 2.75) is 52.2 Å². The van der Waals surface area contributed by atoms with Gasteiger partial charge in [-0.3, -0.25) is 0 Å². The van der Waals surface area contributed by atoms with Crippen molar-refractivity contribution in [3.8, 4) is 0 Å². The molecule has 0 saturated carbocycles. The second-order valence-corrected chi connectivity index (χ2v) is 3.76. The Kier molecular flexibility index (Phi) is 13.7. The van der Waals surface area contributed by atoms with Gasteiger partial charge in [-0.2, -0.15) is 0 Å². The Hall–Kier alpha value is -0.160. The molecule has 15 heavy (non-hydrogen) atoms. The van der Waals surface area contributed by atoms with Crippen LogP contribution in [0.2, 0.25) is 0 Å². The quantitative estimate of drug-likeness (QED) is 0.528. The van der Waals surface area contributed by atoms with Crippen LogP contribution in [-0.4, -0.2) is 45.8 Å². The van der Waals surface area contributed by atoms with Gasteiger partial charge >= 0.3 is 0 Å². The van der Waals surface area contributed by atoms with Gasteiger partial charge in [-0.1, -0.05) is 27.2 Å². The number of rotatable bonds is 6. The fourth-order valence-corrected chi connectivity index (χ4v) is 0.839. The van der Waals surface area contributed by atoms with Crippen molar-refractivity contribution in [2.24, 2.45) is 5.92 Å². The normalized spacial score (nSPS) is 16.2. The van der Waals surface area contributed by atoms with Crippen LogP contribution in [0.1, 0.15) is 40.0 Å². The molecule has 0 aromatic heterocycles. The van der Waals surface area contributed by atoms with Crippen molar-refractivity contribution in [1.82, 2.24) is 0 Å². The third-order valence-corrected chi connectivity index (χ3v) is 2.23. The molecule has 0 radical (unpaired) electrons. The second kappa shape index (κ2) is 11.9. The molecule has 0 aromatic rings. The highest BCUT2D eigenvalue weighted by atomic mass is 16.3. The van der Waals surface area contributed by atoms with Crippen molar-refractivity contribution in [1.29, 1.82) is 0 Å². The van der Waals surface area contributed by atoms with Gasteiger partial charge in [0.05, 0.1) is 18.8 Å². The molecule has 94 valence electrons. The number of hydrogen-bond donors (Lipinski definition) is 4. The maximum Gasteiger partial charge on any atom is 0.0818 e. The molecule has 0 aromatic carbocycles. The molecule has 0 aliphatic rings. The molecule has 0 bridgehead atoms. The molecule has 0 rings (SSSR count). The molecular weight excluding hydrogens is 196 g/mol. The maximum absolute atomic E-state index is 8.86. The van der Waals surface area contributed by atoms with E-state index in [2.05, 4.69) is 6.92 Å². The predicted octanol–water partition coefficient (Wildman–Crippen LogP) is 0.525. The predicted molar refractivity (Wildman–Crippen MR) is 60.5 cm³/mol. The van der Waals surface area contributed by atoms with Crippen LogP contribution in [0.25, 0.3) is 0 Å². The summed E-state index contributed by atoms with van der Waals surface area (Å²) in [7, 11) is 0. The summed E-state index contributed by atoms with van der Waals surface area (Å²) in [6.45, 7) is 5.39. The van der Waals surface area contributed by atoms with Gasteiger partial charge < -0.3 is 20.4 Å². The van der Waals surface area contributed by atoms with Gasteiger partial charge in [0.15, 0.2) is 0 Å². The van der Waals surface area contributed by atoms with E-state index >= 15 is 0 Å². The first-order valence-electron chi connectivity index (χ1n) is 5.61. The summed E-state index contributed by atoms with van der Waals surface area (Å²) in [4.78, 5) is 0. The first-order chi connectivity index (χ1) is 7.03. The lowest BCUT2D eigenvalue weighted by Gasteiger charge is -2.11. The zero-order valence-corrected chi connectivity index (χ0v) is 10.1. The lowest BCUT2D eigenvalue weighted by atomic mass is 10.1. The van der Waals surface area contributed by atoms with Gasteiger partial charge in [0.25, 0.3) is 0 Å². The largest absolute Gasteiger partial charge is 0.396 e. The summed E-state index contributed by atoms with van der Waals surface area (Å²) in [5.41, 5.74) is 0. The highest BCUT2D eigenvalue weighted by Crippen LogP contribution is 1.99. The molecule has 0 aliphatic heterocycles. The third kappa shape index (κ3) is 11.8. The van der Waals surface area contributed by atoms with Crippen molar-refractivity contribution in [3.05, 3.63) is 0 Å². The van der Waals surface area contributed by atoms with Gasteiger partial charge in [-0.25, -0.2) is 0 Å². The Morgan fingerprint density at radius 1 is 1.00 bits per heavy atom. The van der Waals surface area contributed by atoms with Crippen LogP contribution >= 0.6 is 0 Å². The fourth-order valence-electron chi connectivity index (χ4n) is 0.839. The average Bonchev–Trinajstić information content (AvgIpc) is 2.27. The van der Waals surface area contributed by atoms with Crippen LogP contribution in [0.5, 0.6) is 0 Å². The van der Waals surface area contributed by atoms with Crippen LogP contribution in [0.3, 0.4) is 0 Å². The summed E-state index contributed by atoms with van der Waals surface area (Å²) in [5.74, 6) is -0.222. The molecule has 0 amide bonds. The molecule has 0 aliphatic carbocycles. The van der Waals surface area contributed by atoms with Crippen molar-refractivity contribution in [3.63, 3.8) is 0 Å². The number of aliphatic hydroxyl groups excluding tert-OH is 4. The maximum atomic E-state index is 8.86. The van der Waals surface area contributed by atoms with Crippen molar-refractivity contribution in [2.75, 3.05) is 13.2 Å². The minimum atomic E-state index is -0.778. The first kappa shape index (κ1) is 17.2. The van der Waals surface area contributed by atoms with Crippen molar-refractivity contribution < 1.29 is 20.4 Å². The second-order valence-electron chi connectivity index (χ2n) is 3.76. The molecular formula is C11H26O4. The zero-order valence-electron chi connectivity index (χ0n) is 10.1. The SMILES string of the molecule is CC(CO)C(O)CO.CCCC(O)CC. The van der Waals surface area contributed by atoms with Crippen LogP contribution in [-0.2, 0) is 0 Å². The molecule has 0 fully saturated rings. The molecule has 0 spiro atoms. The van der Waals surface area contributed by atoms with E-state index in [4.69, 9.17) is 20.4 Å². The highest BCUT2D eigenvalue weighted by molar-refractivity contribution is 4.59. The third-order valence-electron chi connectivity index (χ3n) is 2.23. The van der Waals surface area contributed by atoms with E-state index in [0.717, 1.165) is 19.3 Å². The van der Waals surface area contributed by atoms with Gasteiger partial charge in [-0.05, 0) is 12.8 Å². The van der Waals surface area contributed by atoms with Crippen LogP contribution in [0.15, 0.2) is 0 Å². The minimum Gasteiger partial charge on any atom is -0.396 e. The summed E-state index contributed by atoms with van der Waals surface area (Å²) >= 11 is 0. The number of aliphatic hydroxyl groups is 4. The Balaban J connectivity index is 0. The van der Waals surface area contributed by atoms with E-state index < -0.39 is 6.10 Å². The van der Waals surface area contributed by atoms with Crippen LogP contribution in [0, 0.1) is 5.92 Å². The lowest BCUT2D eigenvalue weighted by Crippen LogP contribution is -2.24. The van der Waals surface area contributed by atoms with Crippen molar-refractivity contribution >= 4 is 0 Å². The van der Waals surface area contributed by atoms with E-state index in [-0.39, 0.29) is 25.2 Å². The first-order valence-corrected chi connectivity index (χ1v) is 5.61. The number of hydrogen-bond acceptors (Lipinski definition) is 4. The van der Waals surface area contributed by atoms with Crippen LogP contribution < -0.4 is 0 Å². The minimum absolute atomic E-state index is 0.0509. The Morgan fingerprint density at radius 2 is 1.53 bits per heavy atom. The molecule has 0 heterocycles. The lowest BCUT2D eigenvalue weighted by molar-refractivity contribution is 0.0302. The molecule has 4 heteroatoms. The van der Waals surface area contributed by atoms with E-state index in [9.17, 15) is 0 Å². The van der Waals surface area contributed by atoms with E-state index in [1.807, 2.05) is 6.92 Å². The molecule has 4 N–H and O–H groups in total. The molecule has 0 saturated heterocycles. The Labute approximate surface area is 92.6 Å². The summed E-state index contributed by atoms with van der Waals surface area (Å²) in [6.07, 6.45) is 2.12. The fraction of sp³-hybridized carbons (Fsp3) is 1.00. The average molecular weight is 222 g/mol. The van der Waals surface area contributed by atoms with E-state index in [0.29, 0.717) is 0 Å². The van der Waals surface area contributed by atoms with Gasteiger partial charge in [0.1, 0.15) is 0 Å². The Morgan fingerprint density at radius 3 is 1.67 bits per heavy atom. The van der Waals surface area contributed by atoms with Gasteiger partial charge in [-0.15, -0.1) is 0 Å². The summed E-state index contributed by atoms with van der Waals surface area (Å²) in [5, 5.41) is 34.2. The van der Waals surface area contributed by atoms with Crippen LogP contribution in [0.4, 0.5) is 0 Å². The molecule has 3 unspecified atom stereocenters. The molecule has 3 atom stereocenters. The highest BCUT2D eigenvalue weighted by Gasteiger charge is 2.10. The van der Waals surface area contributed by atoms with Gasteiger partial charge in [0.2, 0.25) is 0 Å². The summed E-state index contributed by atoms with van der Waals surface area (Å²) < 4.78 is 0. The van der Waals surface area contributed by atoms with E-state index in [1.54, 1.807) is 6.92 Å². The monoisotopic (exact) mass is 222 g/mol. The Bertz CT molecular complexity index is 111. The summed E-state index contributed by atoms with van der Waals surface area (Å²) in [6, 6.07) is 0. The van der Waals surface area contributed by atoms with Gasteiger partial charge in [0, 0.05) is 12.5 Å². The topological polar surface area (TPSA) is 80.9 Å².